The van der Waals surface area contributed by atoms with E-state index in [9.17, 15) is 5.11 Å². The zero-order valence-electron chi connectivity index (χ0n) is 9.33. The molecule has 2 aromatic heterocycles. The van der Waals surface area contributed by atoms with Crippen LogP contribution in [-0.4, -0.2) is 19.7 Å². The number of rotatable bonds is 1. The molecule has 3 rings (SSSR count). The van der Waals surface area contributed by atoms with Crippen LogP contribution in [0, 0.1) is 6.92 Å². The molecule has 0 unspecified atom stereocenters. The standard InChI is InChI=1S/C13H11N3O/c1-9-4-6-10(7-5-9)12-14-15-13-11(17)3-2-8-16(12)13/h2-8,17H,1H3. The maximum atomic E-state index is 9.65. The molecule has 84 valence electrons. The first-order chi connectivity index (χ1) is 8.25. The average molecular weight is 225 g/mol. The molecule has 17 heavy (non-hydrogen) atoms. The fourth-order valence-electron chi connectivity index (χ4n) is 1.80. The van der Waals surface area contributed by atoms with Crippen LogP contribution in [0.25, 0.3) is 17.0 Å². The van der Waals surface area contributed by atoms with Gasteiger partial charge in [-0.05, 0) is 19.1 Å². The van der Waals surface area contributed by atoms with Crippen molar-refractivity contribution in [3.05, 3.63) is 48.2 Å². The molecule has 0 spiro atoms. The predicted molar refractivity (Wildman–Crippen MR) is 64.8 cm³/mol. The Balaban J connectivity index is 2.24. The van der Waals surface area contributed by atoms with Gasteiger partial charge in [0.1, 0.15) is 0 Å². The van der Waals surface area contributed by atoms with E-state index in [0.29, 0.717) is 5.65 Å². The molecular formula is C13H11N3O. The number of aryl methyl sites for hydroxylation is 1. The first kappa shape index (κ1) is 9.84. The number of nitrogens with zero attached hydrogens (tertiary/aromatic N) is 3. The van der Waals surface area contributed by atoms with Gasteiger partial charge < -0.3 is 5.11 Å². The van der Waals surface area contributed by atoms with E-state index in [-0.39, 0.29) is 5.75 Å². The highest BCUT2D eigenvalue weighted by atomic mass is 16.3. The summed E-state index contributed by atoms with van der Waals surface area (Å²) in [5, 5.41) is 17.7. The van der Waals surface area contributed by atoms with Crippen LogP contribution in [0.2, 0.25) is 0 Å². The van der Waals surface area contributed by atoms with Gasteiger partial charge in [-0.1, -0.05) is 29.8 Å². The Morgan fingerprint density at radius 3 is 2.59 bits per heavy atom. The summed E-state index contributed by atoms with van der Waals surface area (Å²) >= 11 is 0. The van der Waals surface area contributed by atoms with Crippen LogP contribution >= 0.6 is 0 Å². The highest BCUT2D eigenvalue weighted by Gasteiger charge is 2.09. The Morgan fingerprint density at radius 1 is 1.06 bits per heavy atom. The fraction of sp³-hybridized carbons (Fsp3) is 0.0769. The molecule has 3 aromatic rings. The largest absolute Gasteiger partial charge is 0.504 e. The highest BCUT2D eigenvalue weighted by molar-refractivity contribution is 5.63. The van der Waals surface area contributed by atoms with Gasteiger partial charge in [-0.2, -0.15) is 0 Å². The van der Waals surface area contributed by atoms with Gasteiger partial charge >= 0.3 is 0 Å². The van der Waals surface area contributed by atoms with Crippen molar-refractivity contribution in [1.82, 2.24) is 14.6 Å². The number of hydrogen-bond acceptors (Lipinski definition) is 3. The van der Waals surface area contributed by atoms with Crippen molar-refractivity contribution in [3.8, 4) is 17.1 Å². The Kier molecular flexibility index (Phi) is 2.08. The Labute approximate surface area is 98.2 Å². The summed E-state index contributed by atoms with van der Waals surface area (Å²) in [5.74, 6) is 0.870. The Bertz CT molecular complexity index is 671. The molecular weight excluding hydrogens is 214 g/mol. The molecule has 0 saturated heterocycles. The van der Waals surface area contributed by atoms with Crippen molar-refractivity contribution in [1.29, 1.82) is 0 Å². The summed E-state index contributed by atoms with van der Waals surface area (Å²) in [5.41, 5.74) is 2.65. The van der Waals surface area contributed by atoms with E-state index < -0.39 is 0 Å². The second-order valence-electron chi connectivity index (χ2n) is 3.98. The monoisotopic (exact) mass is 225 g/mol. The van der Waals surface area contributed by atoms with Crippen LogP contribution in [0.4, 0.5) is 0 Å². The number of hydrogen-bond donors (Lipinski definition) is 1. The third-order valence-electron chi connectivity index (χ3n) is 2.72. The minimum atomic E-state index is 0.137. The van der Waals surface area contributed by atoms with Gasteiger partial charge in [-0.15, -0.1) is 10.2 Å². The molecule has 4 heteroatoms. The van der Waals surface area contributed by atoms with Crippen LogP contribution in [-0.2, 0) is 0 Å². The molecule has 0 bridgehead atoms. The predicted octanol–water partition coefficient (Wildman–Crippen LogP) is 2.41. The molecule has 0 aliphatic rings. The van der Waals surface area contributed by atoms with E-state index in [1.165, 1.54) is 5.56 Å². The Hall–Kier alpha value is -2.36. The number of pyridine rings is 1. The van der Waals surface area contributed by atoms with Gasteiger partial charge in [0.05, 0.1) is 0 Å². The number of aromatic nitrogens is 3. The highest BCUT2D eigenvalue weighted by Crippen LogP contribution is 2.22. The maximum absolute atomic E-state index is 9.65. The molecule has 0 radical (unpaired) electrons. The van der Waals surface area contributed by atoms with Gasteiger partial charge in [0, 0.05) is 11.8 Å². The SMILES string of the molecule is Cc1ccc(-c2nnc3c(O)cccn23)cc1. The van der Waals surface area contributed by atoms with Crippen LogP contribution in [0.1, 0.15) is 5.56 Å². The zero-order valence-corrected chi connectivity index (χ0v) is 9.33. The normalized spacial score (nSPS) is 10.9. The van der Waals surface area contributed by atoms with Crippen molar-refractivity contribution in [2.24, 2.45) is 0 Å². The maximum Gasteiger partial charge on any atom is 0.203 e. The van der Waals surface area contributed by atoms with Gasteiger partial charge in [0.25, 0.3) is 0 Å². The quantitative estimate of drug-likeness (QED) is 0.691. The van der Waals surface area contributed by atoms with Gasteiger partial charge in [-0.25, -0.2) is 0 Å². The zero-order chi connectivity index (χ0) is 11.8. The molecule has 0 fully saturated rings. The molecule has 4 nitrogen and oxygen atoms in total. The molecule has 0 saturated carbocycles. The van der Waals surface area contributed by atoms with Crippen molar-refractivity contribution < 1.29 is 5.11 Å². The smallest absolute Gasteiger partial charge is 0.203 e. The molecule has 0 atom stereocenters. The molecule has 0 amide bonds. The van der Waals surface area contributed by atoms with E-state index in [1.807, 2.05) is 37.4 Å². The molecule has 0 aliphatic carbocycles. The molecule has 0 aliphatic heterocycles. The van der Waals surface area contributed by atoms with E-state index >= 15 is 0 Å². The van der Waals surface area contributed by atoms with Gasteiger partial charge in [0.15, 0.2) is 11.6 Å². The molecule has 1 N–H and O–H groups in total. The van der Waals surface area contributed by atoms with Crippen molar-refractivity contribution in [2.45, 2.75) is 6.92 Å². The lowest BCUT2D eigenvalue weighted by Crippen LogP contribution is -1.88. The third kappa shape index (κ3) is 1.54. The van der Waals surface area contributed by atoms with Crippen molar-refractivity contribution in [3.63, 3.8) is 0 Å². The van der Waals surface area contributed by atoms with Crippen LogP contribution < -0.4 is 0 Å². The fourth-order valence-corrected chi connectivity index (χ4v) is 1.80. The number of fused-ring (bicyclic) bond motifs is 1. The van der Waals surface area contributed by atoms with E-state index in [1.54, 1.807) is 16.5 Å². The second-order valence-corrected chi connectivity index (χ2v) is 3.98. The Morgan fingerprint density at radius 2 is 1.82 bits per heavy atom. The number of benzene rings is 1. The lowest BCUT2D eigenvalue weighted by molar-refractivity contribution is 0.477. The van der Waals surface area contributed by atoms with Gasteiger partial charge in [-0.3, -0.25) is 4.40 Å². The summed E-state index contributed by atoms with van der Waals surface area (Å²) in [7, 11) is 0. The first-order valence-electron chi connectivity index (χ1n) is 5.35. The number of aromatic hydroxyl groups is 1. The summed E-state index contributed by atoms with van der Waals surface area (Å²) < 4.78 is 1.78. The van der Waals surface area contributed by atoms with Crippen LogP contribution in [0.15, 0.2) is 42.6 Å². The molecule has 1 aromatic carbocycles. The van der Waals surface area contributed by atoms with Crippen LogP contribution in [0.3, 0.4) is 0 Å². The summed E-state index contributed by atoms with van der Waals surface area (Å²) in [6.07, 6.45) is 1.84. The summed E-state index contributed by atoms with van der Waals surface area (Å²) in [4.78, 5) is 0. The molecule has 2 heterocycles. The topological polar surface area (TPSA) is 50.4 Å². The summed E-state index contributed by atoms with van der Waals surface area (Å²) in [6.45, 7) is 2.04. The lowest BCUT2D eigenvalue weighted by atomic mass is 10.1. The van der Waals surface area contributed by atoms with Crippen molar-refractivity contribution >= 4 is 5.65 Å². The first-order valence-corrected chi connectivity index (χ1v) is 5.35. The van der Waals surface area contributed by atoms with E-state index in [4.69, 9.17) is 0 Å². The summed E-state index contributed by atoms with van der Waals surface area (Å²) in [6, 6.07) is 11.4. The van der Waals surface area contributed by atoms with Gasteiger partial charge in [0.2, 0.25) is 5.65 Å². The van der Waals surface area contributed by atoms with Crippen LogP contribution in [0.5, 0.6) is 5.75 Å². The minimum Gasteiger partial charge on any atom is -0.504 e. The van der Waals surface area contributed by atoms with Crippen molar-refractivity contribution in [2.75, 3.05) is 0 Å². The third-order valence-corrected chi connectivity index (χ3v) is 2.72. The minimum absolute atomic E-state index is 0.137. The van der Waals surface area contributed by atoms with E-state index in [2.05, 4.69) is 10.2 Å². The second kappa shape index (κ2) is 3.59. The average Bonchev–Trinajstić information content (AvgIpc) is 2.75. The van der Waals surface area contributed by atoms with E-state index in [0.717, 1.165) is 11.4 Å². The lowest BCUT2D eigenvalue weighted by Gasteiger charge is -2.01.